The van der Waals surface area contributed by atoms with Crippen molar-refractivity contribution in [2.24, 2.45) is 5.92 Å². The molecular weight excluding hydrogens is 697 g/mol. The van der Waals surface area contributed by atoms with E-state index in [1.165, 1.54) is 83.5 Å². The van der Waals surface area contributed by atoms with Crippen LogP contribution in [0.1, 0.15) is 76.6 Å². The Kier molecular flexibility index (Phi) is 9.56. The van der Waals surface area contributed by atoms with Gasteiger partial charge in [0.05, 0.1) is 5.41 Å². The summed E-state index contributed by atoms with van der Waals surface area (Å²) in [6, 6.07) is 68.1. The van der Waals surface area contributed by atoms with Crippen molar-refractivity contribution in [2.75, 3.05) is 0 Å². The van der Waals surface area contributed by atoms with Gasteiger partial charge in [0.25, 0.3) is 0 Å². The van der Waals surface area contributed by atoms with E-state index in [1.807, 2.05) is 0 Å². The van der Waals surface area contributed by atoms with E-state index in [0.29, 0.717) is 11.8 Å². The van der Waals surface area contributed by atoms with Gasteiger partial charge in [-0.25, -0.2) is 0 Å². The summed E-state index contributed by atoms with van der Waals surface area (Å²) in [4.78, 5) is 0. The van der Waals surface area contributed by atoms with Crippen LogP contribution in [0.4, 0.5) is 0 Å². The fraction of sp³-hybridized carbons (Fsp3) is 0.138. The number of hydrogen-bond acceptors (Lipinski definition) is 0. The SMILES string of the molecule is CC1C/C=C(c2ccccc2)/C=C(/C2=CC=CC2)CC1c1ccc(C2(c3ccccc3Cc3ccccc3-c3ccccc3)c3ccccc3-c3ccccc32)cc1. The first-order chi connectivity index (χ1) is 28.7. The smallest absolute Gasteiger partial charge is 0.0716 e. The van der Waals surface area contributed by atoms with E-state index < -0.39 is 5.41 Å². The Balaban J connectivity index is 1.10. The molecule has 0 saturated heterocycles. The zero-order valence-corrected chi connectivity index (χ0v) is 33.2. The molecule has 0 fully saturated rings. The Hall–Kier alpha value is -6.50. The third-order valence-corrected chi connectivity index (χ3v) is 13.1. The van der Waals surface area contributed by atoms with Crippen molar-refractivity contribution in [3.8, 4) is 22.3 Å². The first-order valence-electron chi connectivity index (χ1n) is 21.0. The molecular formula is C58H48. The molecule has 2 atom stereocenters. The minimum absolute atomic E-state index is 0.399. The van der Waals surface area contributed by atoms with Crippen LogP contribution in [-0.2, 0) is 11.8 Å². The number of rotatable bonds is 8. The second kappa shape index (κ2) is 15.4. The van der Waals surface area contributed by atoms with E-state index in [4.69, 9.17) is 0 Å². The third kappa shape index (κ3) is 6.34. The first kappa shape index (κ1) is 35.9. The molecule has 0 amide bonds. The molecule has 2 unspecified atom stereocenters. The molecule has 3 aliphatic carbocycles. The van der Waals surface area contributed by atoms with Gasteiger partial charge in [0, 0.05) is 0 Å². The van der Waals surface area contributed by atoms with Gasteiger partial charge in [-0.2, -0.15) is 0 Å². The quantitative estimate of drug-likeness (QED) is 0.145. The fourth-order valence-corrected chi connectivity index (χ4v) is 10.2. The molecule has 0 aromatic heterocycles. The van der Waals surface area contributed by atoms with Gasteiger partial charge in [0.2, 0.25) is 0 Å². The van der Waals surface area contributed by atoms with Gasteiger partial charge in [-0.1, -0.05) is 219 Å². The molecule has 280 valence electrons. The van der Waals surface area contributed by atoms with Crippen molar-refractivity contribution >= 4 is 5.57 Å². The highest BCUT2D eigenvalue weighted by atomic mass is 14.5. The summed E-state index contributed by atoms with van der Waals surface area (Å²) in [5.74, 6) is 0.881. The standard InChI is InChI=1S/C58H48/c1-41-32-33-46(42-18-4-2-5-19-42)38-49(43-20-8-9-21-43)40-54(41)45-34-36-50(37-35-45)58(56-30-16-13-27-52(56)53-28-14-17-31-57(53)58)55-29-15-11-25-48(55)39-47-24-10-12-26-51(47)44-22-6-3-7-23-44/h2-20,22-31,33-38,41,54H,21,32,39-40H2,1H3/b46-33-,49-38+. The highest BCUT2D eigenvalue weighted by Crippen LogP contribution is 2.57. The predicted octanol–water partition coefficient (Wildman–Crippen LogP) is 14.7. The molecule has 10 rings (SSSR count). The van der Waals surface area contributed by atoms with Crippen LogP contribution in [0.2, 0.25) is 0 Å². The van der Waals surface area contributed by atoms with Crippen molar-refractivity contribution in [2.45, 2.75) is 43.9 Å². The van der Waals surface area contributed by atoms with Crippen molar-refractivity contribution in [1.82, 2.24) is 0 Å². The maximum absolute atomic E-state index is 2.48. The molecule has 0 saturated carbocycles. The molecule has 0 heteroatoms. The summed E-state index contributed by atoms with van der Waals surface area (Å²) in [5, 5.41) is 0. The van der Waals surface area contributed by atoms with Crippen LogP contribution in [0.5, 0.6) is 0 Å². The lowest BCUT2D eigenvalue weighted by atomic mass is 9.65. The van der Waals surface area contributed by atoms with Gasteiger partial charge in [0.1, 0.15) is 0 Å². The summed E-state index contributed by atoms with van der Waals surface area (Å²) in [6.45, 7) is 2.45. The Bertz CT molecular complexity index is 2670. The Morgan fingerprint density at radius 2 is 1.09 bits per heavy atom. The highest BCUT2D eigenvalue weighted by Gasteiger charge is 2.47. The summed E-state index contributed by atoms with van der Waals surface area (Å²) in [5.41, 5.74) is 19.8. The molecule has 0 N–H and O–H groups in total. The fourth-order valence-electron chi connectivity index (χ4n) is 10.2. The average molecular weight is 745 g/mol. The van der Waals surface area contributed by atoms with Gasteiger partial charge < -0.3 is 0 Å². The van der Waals surface area contributed by atoms with Crippen molar-refractivity contribution < 1.29 is 0 Å². The highest BCUT2D eigenvalue weighted by molar-refractivity contribution is 5.87. The van der Waals surface area contributed by atoms with Crippen LogP contribution in [0, 0.1) is 5.92 Å². The second-order valence-corrected chi connectivity index (χ2v) is 16.4. The largest absolute Gasteiger partial charge is 0.0801 e. The van der Waals surface area contributed by atoms with Gasteiger partial charge in [-0.15, -0.1) is 0 Å². The van der Waals surface area contributed by atoms with E-state index in [2.05, 4.69) is 219 Å². The number of hydrogen-bond donors (Lipinski definition) is 0. The predicted molar refractivity (Wildman–Crippen MR) is 244 cm³/mol. The van der Waals surface area contributed by atoms with Crippen LogP contribution in [-0.4, -0.2) is 0 Å². The molecule has 0 radical (unpaired) electrons. The molecule has 0 aliphatic heterocycles. The van der Waals surface area contributed by atoms with E-state index in [-0.39, 0.29) is 0 Å². The van der Waals surface area contributed by atoms with Crippen LogP contribution < -0.4 is 0 Å². The van der Waals surface area contributed by atoms with Gasteiger partial charge in [-0.05, 0) is 121 Å². The normalized spacial score (nSPS) is 19.8. The lowest BCUT2D eigenvalue weighted by Crippen LogP contribution is -2.30. The number of fused-ring (bicyclic) bond motifs is 3. The van der Waals surface area contributed by atoms with E-state index >= 15 is 0 Å². The summed E-state index contributed by atoms with van der Waals surface area (Å²) in [6.07, 6.45) is 15.7. The molecule has 7 aromatic rings. The van der Waals surface area contributed by atoms with E-state index in [0.717, 1.165) is 25.7 Å². The minimum atomic E-state index is -0.477. The van der Waals surface area contributed by atoms with Gasteiger partial charge in [-0.3, -0.25) is 0 Å². The summed E-state index contributed by atoms with van der Waals surface area (Å²) in [7, 11) is 0. The maximum Gasteiger partial charge on any atom is 0.0716 e. The van der Waals surface area contributed by atoms with Gasteiger partial charge in [0.15, 0.2) is 0 Å². The topological polar surface area (TPSA) is 0 Å². The van der Waals surface area contributed by atoms with E-state index in [1.54, 1.807) is 0 Å². The Morgan fingerprint density at radius 1 is 0.517 bits per heavy atom. The van der Waals surface area contributed by atoms with Crippen molar-refractivity contribution in [3.63, 3.8) is 0 Å². The monoisotopic (exact) mass is 744 g/mol. The van der Waals surface area contributed by atoms with Crippen molar-refractivity contribution in [3.05, 3.63) is 268 Å². The first-order valence-corrected chi connectivity index (χ1v) is 21.0. The second-order valence-electron chi connectivity index (χ2n) is 16.4. The number of allylic oxidation sites excluding steroid dienone is 8. The third-order valence-electron chi connectivity index (χ3n) is 13.1. The van der Waals surface area contributed by atoms with Crippen LogP contribution in [0.15, 0.2) is 224 Å². The van der Waals surface area contributed by atoms with Crippen LogP contribution >= 0.6 is 0 Å². The van der Waals surface area contributed by atoms with Crippen LogP contribution in [0.25, 0.3) is 27.8 Å². The Labute approximate surface area is 344 Å². The van der Waals surface area contributed by atoms with Crippen molar-refractivity contribution in [1.29, 1.82) is 0 Å². The van der Waals surface area contributed by atoms with Gasteiger partial charge >= 0.3 is 0 Å². The van der Waals surface area contributed by atoms with Crippen LogP contribution in [0.3, 0.4) is 0 Å². The Morgan fingerprint density at radius 3 is 1.74 bits per heavy atom. The molecule has 3 aliphatic rings. The molecule has 0 spiro atoms. The molecule has 7 aromatic carbocycles. The zero-order valence-electron chi connectivity index (χ0n) is 33.2. The molecule has 0 heterocycles. The van der Waals surface area contributed by atoms with E-state index in [9.17, 15) is 0 Å². The molecule has 58 heavy (non-hydrogen) atoms. The number of benzene rings is 7. The lowest BCUT2D eigenvalue weighted by Gasteiger charge is -2.36. The molecule has 0 nitrogen and oxygen atoms in total. The minimum Gasteiger partial charge on any atom is -0.0801 e. The molecule has 0 bridgehead atoms. The maximum atomic E-state index is 2.48. The zero-order chi connectivity index (χ0) is 38.9. The lowest BCUT2D eigenvalue weighted by molar-refractivity contribution is 0.459. The summed E-state index contributed by atoms with van der Waals surface area (Å²) >= 11 is 0. The summed E-state index contributed by atoms with van der Waals surface area (Å²) < 4.78 is 0. The average Bonchev–Trinajstić information content (AvgIpc) is 3.93.